The van der Waals surface area contributed by atoms with Gasteiger partial charge in [-0.05, 0) is 84.0 Å². The highest BCUT2D eigenvalue weighted by Gasteiger charge is 2.08. The molecule has 4 aromatic rings. The molecule has 0 N–H and O–H groups in total. The van der Waals surface area contributed by atoms with E-state index in [1.54, 1.807) is 0 Å². The van der Waals surface area contributed by atoms with Crippen LogP contribution in [0.4, 0.5) is 4.39 Å². The third kappa shape index (κ3) is 5.91. The molecule has 0 saturated heterocycles. The van der Waals surface area contributed by atoms with Crippen LogP contribution in [-0.4, -0.2) is 0 Å². The van der Waals surface area contributed by atoms with Crippen molar-refractivity contribution in [2.45, 2.75) is 52.4 Å². The van der Waals surface area contributed by atoms with Crippen molar-refractivity contribution in [3.8, 4) is 11.8 Å². The van der Waals surface area contributed by atoms with Crippen LogP contribution in [0.25, 0.3) is 10.8 Å². The molecule has 4 aromatic carbocycles. The molecule has 0 fully saturated rings. The lowest BCUT2D eigenvalue weighted by atomic mass is 9.98. The van der Waals surface area contributed by atoms with Gasteiger partial charge in [0.05, 0.1) is 0 Å². The van der Waals surface area contributed by atoms with Crippen molar-refractivity contribution < 1.29 is 4.39 Å². The summed E-state index contributed by atoms with van der Waals surface area (Å²) in [6, 6.07) is 26.8. The van der Waals surface area contributed by atoms with Gasteiger partial charge < -0.3 is 0 Å². The Labute approximate surface area is 197 Å². The van der Waals surface area contributed by atoms with Crippen LogP contribution in [0.2, 0.25) is 0 Å². The second-order valence-electron chi connectivity index (χ2n) is 8.70. The monoisotopic (exact) mass is 434 g/mol. The predicted octanol–water partition coefficient (Wildman–Crippen LogP) is 8.07. The zero-order valence-corrected chi connectivity index (χ0v) is 19.6. The van der Waals surface area contributed by atoms with Crippen molar-refractivity contribution in [2.24, 2.45) is 0 Å². The van der Waals surface area contributed by atoms with Crippen molar-refractivity contribution >= 4 is 10.8 Å². The van der Waals surface area contributed by atoms with Crippen molar-refractivity contribution in [3.63, 3.8) is 0 Å². The normalized spacial score (nSPS) is 10.8. The third-order valence-corrected chi connectivity index (χ3v) is 6.27. The van der Waals surface area contributed by atoms with E-state index in [2.05, 4.69) is 74.2 Å². The summed E-state index contributed by atoms with van der Waals surface area (Å²) >= 11 is 0. The second-order valence-corrected chi connectivity index (χ2v) is 8.70. The Kier molecular flexibility index (Phi) is 7.59. The van der Waals surface area contributed by atoms with E-state index in [4.69, 9.17) is 0 Å². The zero-order chi connectivity index (χ0) is 23.0. The second kappa shape index (κ2) is 11.0. The first kappa shape index (κ1) is 22.8. The maximum Gasteiger partial charge on any atom is 0.134 e. The number of hydrogen-bond acceptors (Lipinski definition) is 0. The smallest absolute Gasteiger partial charge is 0.134 e. The molecule has 4 rings (SSSR count). The Morgan fingerprint density at radius 2 is 1.27 bits per heavy atom. The minimum absolute atomic E-state index is 0.110. The number of rotatable bonds is 7. The number of fused-ring (bicyclic) bond motifs is 1. The fourth-order valence-electron chi connectivity index (χ4n) is 4.11. The molecule has 0 unspecified atom stereocenters. The molecule has 0 aromatic heterocycles. The third-order valence-electron chi connectivity index (χ3n) is 6.27. The first-order chi connectivity index (χ1) is 16.2. The Morgan fingerprint density at radius 1 is 0.636 bits per heavy atom. The van der Waals surface area contributed by atoms with Gasteiger partial charge in [0.2, 0.25) is 0 Å². The lowest BCUT2D eigenvalue weighted by Crippen LogP contribution is -1.96. The zero-order valence-electron chi connectivity index (χ0n) is 19.6. The van der Waals surface area contributed by atoms with Gasteiger partial charge in [-0.15, -0.1) is 0 Å². The van der Waals surface area contributed by atoms with Gasteiger partial charge in [-0.3, -0.25) is 0 Å². The van der Waals surface area contributed by atoms with Crippen LogP contribution in [0.3, 0.4) is 0 Å². The Bertz CT molecular complexity index is 1270. The fraction of sp³-hybridized carbons (Fsp3) is 0.250. The minimum atomic E-state index is -0.110. The molecule has 0 atom stereocenters. The van der Waals surface area contributed by atoms with Gasteiger partial charge in [0.15, 0.2) is 0 Å². The Morgan fingerprint density at radius 3 is 1.97 bits per heavy atom. The van der Waals surface area contributed by atoms with Crippen molar-refractivity contribution in [1.82, 2.24) is 0 Å². The van der Waals surface area contributed by atoms with Gasteiger partial charge >= 0.3 is 0 Å². The highest BCUT2D eigenvalue weighted by atomic mass is 19.1. The molecule has 1 heteroatoms. The van der Waals surface area contributed by atoms with Crippen molar-refractivity contribution in [3.05, 3.63) is 118 Å². The molecule has 0 heterocycles. The minimum Gasteiger partial charge on any atom is -0.206 e. The largest absolute Gasteiger partial charge is 0.206 e. The summed E-state index contributed by atoms with van der Waals surface area (Å²) in [7, 11) is 0. The van der Waals surface area contributed by atoms with E-state index < -0.39 is 0 Å². The predicted molar refractivity (Wildman–Crippen MR) is 138 cm³/mol. The van der Waals surface area contributed by atoms with Crippen LogP contribution in [-0.2, 0) is 25.7 Å². The number of unbranched alkanes of at least 4 members (excludes halogenated alkanes) is 1. The average molecular weight is 435 g/mol. The average Bonchev–Trinajstić information content (AvgIpc) is 2.86. The van der Waals surface area contributed by atoms with E-state index >= 15 is 4.39 Å². The van der Waals surface area contributed by atoms with Gasteiger partial charge in [-0.25, -0.2) is 4.39 Å². The highest BCUT2D eigenvalue weighted by Crippen LogP contribution is 2.24. The molecule has 166 valence electrons. The molecule has 0 nitrogen and oxygen atoms in total. The molecule has 0 bridgehead atoms. The quantitative estimate of drug-likeness (QED) is 0.258. The van der Waals surface area contributed by atoms with E-state index in [0.717, 1.165) is 41.3 Å². The van der Waals surface area contributed by atoms with Gasteiger partial charge in [-0.1, -0.05) is 86.7 Å². The Hall–Kier alpha value is -3.37. The van der Waals surface area contributed by atoms with Crippen LogP contribution in [0, 0.1) is 17.7 Å². The first-order valence-corrected chi connectivity index (χ1v) is 12.1. The summed E-state index contributed by atoms with van der Waals surface area (Å²) < 4.78 is 15.2. The van der Waals surface area contributed by atoms with Crippen LogP contribution < -0.4 is 0 Å². The van der Waals surface area contributed by atoms with E-state index in [0.29, 0.717) is 11.8 Å². The number of hydrogen-bond donors (Lipinski definition) is 0. The molecule has 0 amide bonds. The SMILES string of the molecule is CCCCc1ccc(CCc2ccc3cc(C#Cc4ccc(CC)cc4)ccc3c2F)cc1. The summed E-state index contributed by atoms with van der Waals surface area (Å²) in [5.74, 6) is 6.32. The topological polar surface area (TPSA) is 0 Å². The van der Waals surface area contributed by atoms with Crippen LogP contribution in [0.15, 0.2) is 78.9 Å². The standard InChI is InChI=1S/C32H31F/c1-3-5-6-25-11-13-27(14-12-25)17-19-29-20-21-30-23-28(18-22-31(30)32(29)33)16-15-26-9-7-24(4-2)8-10-26/h7-14,18,20-23H,3-6,17,19H2,1-2H3. The van der Waals surface area contributed by atoms with Gasteiger partial charge in [0, 0.05) is 16.5 Å². The van der Waals surface area contributed by atoms with Crippen LogP contribution >= 0.6 is 0 Å². The van der Waals surface area contributed by atoms with Crippen LogP contribution in [0.5, 0.6) is 0 Å². The molecule has 0 aliphatic carbocycles. The van der Waals surface area contributed by atoms with Gasteiger partial charge in [0.25, 0.3) is 0 Å². The highest BCUT2D eigenvalue weighted by molar-refractivity contribution is 5.85. The molecule has 0 aliphatic rings. The number of aryl methyl sites for hydroxylation is 4. The van der Waals surface area contributed by atoms with E-state index in [1.165, 1.54) is 29.5 Å². The molecular formula is C32H31F. The first-order valence-electron chi connectivity index (χ1n) is 12.1. The van der Waals surface area contributed by atoms with Crippen molar-refractivity contribution in [1.29, 1.82) is 0 Å². The molecular weight excluding hydrogens is 403 g/mol. The lowest BCUT2D eigenvalue weighted by Gasteiger charge is -2.08. The molecule has 0 aliphatic heterocycles. The maximum atomic E-state index is 15.2. The maximum absolute atomic E-state index is 15.2. The lowest BCUT2D eigenvalue weighted by molar-refractivity contribution is 0.620. The molecule has 0 saturated carbocycles. The number of halogens is 1. The summed E-state index contributed by atoms with van der Waals surface area (Å²) in [6.07, 6.45) is 6.14. The summed E-state index contributed by atoms with van der Waals surface area (Å²) in [6.45, 7) is 4.36. The Balaban J connectivity index is 1.46. The molecule has 0 radical (unpaired) electrons. The fourth-order valence-corrected chi connectivity index (χ4v) is 4.11. The number of benzene rings is 4. The van der Waals surface area contributed by atoms with Crippen LogP contribution in [0.1, 0.15) is 60.1 Å². The van der Waals surface area contributed by atoms with Gasteiger partial charge in [0.1, 0.15) is 5.82 Å². The summed E-state index contributed by atoms with van der Waals surface area (Å²) in [5, 5.41) is 1.56. The van der Waals surface area contributed by atoms with E-state index in [9.17, 15) is 0 Å². The van der Waals surface area contributed by atoms with E-state index in [-0.39, 0.29) is 5.82 Å². The van der Waals surface area contributed by atoms with Crippen molar-refractivity contribution in [2.75, 3.05) is 0 Å². The van der Waals surface area contributed by atoms with Gasteiger partial charge in [-0.2, -0.15) is 0 Å². The molecule has 33 heavy (non-hydrogen) atoms. The van der Waals surface area contributed by atoms with E-state index in [1.807, 2.05) is 30.3 Å². The molecule has 0 spiro atoms. The summed E-state index contributed by atoms with van der Waals surface area (Å²) in [5.41, 5.74) is 6.61. The summed E-state index contributed by atoms with van der Waals surface area (Å²) in [4.78, 5) is 0.